The van der Waals surface area contributed by atoms with Gasteiger partial charge < -0.3 is 5.32 Å². The standard InChI is InChI=1S/C10H15FN2S/c1-7(10-5-12-6-14-10)13-9-4-2-3-8(9)11/h5-9,13H,2-4H2,1H3/t7?,8-,9+/m1/s1. The molecule has 78 valence electrons. The Morgan fingerprint density at radius 2 is 2.50 bits per heavy atom. The predicted octanol–water partition coefficient (Wildman–Crippen LogP) is 2.68. The number of rotatable bonds is 3. The van der Waals surface area contributed by atoms with Crippen molar-refractivity contribution < 1.29 is 4.39 Å². The van der Waals surface area contributed by atoms with Crippen molar-refractivity contribution >= 4 is 11.3 Å². The van der Waals surface area contributed by atoms with Crippen molar-refractivity contribution in [1.29, 1.82) is 0 Å². The molecule has 0 radical (unpaired) electrons. The Labute approximate surface area is 87.6 Å². The number of aromatic nitrogens is 1. The number of thiazole rings is 1. The minimum absolute atomic E-state index is 0.0482. The van der Waals surface area contributed by atoms with Gasteiger partial charge in [-0.05, 0) is 26.2 Å². The number of hydrogen-bond donors (Lipinski definition) is 1. The fourth-order valence-corrected chi connectivity index (χ4v) is 2.58. The molecular weight excluding hydrogens is 199 g/mol. The van der Waals surface area contributed by atoms with Crippen LogP contribution in [0.5, 0.6) is 0 Å². The number of nitrogens with one attached hydrogen (secondary N) is 1. The minimum Gasteiger partial charge on any atom is -0.304 e. The first-order chi connectivity index (χ1) is 6.77. The first-order valence-electron chi connectivity index (χ1n) is 5.06. The number of nitrogens with zero attached hydrogens (tertiary/aromatic N) is 1. The Morgan fingerprint density at radius 3 is 3.07 bits per heavy atom. The highest BCUT2D eigenvalue weighted by Crippen LogP contribution is 2.25. The number of halogens is 1. The van der Waals surface area contributed by atoms with Crippen LogP contribution in [-0.2, 0) is 0 Å². The maximum Gasteiger partial charge on any atom is 0.115 e. The van der Waals surface area contributed by atoms with Crippen LogP contribution in [0.4, 0.5) is 4.39 Å². The van der Waals surface area contributed by atoms with E-state index in [0.717, 1.165) is 12.8 Å². The number of hydrogen-bond acceptors (Lipinski definition) is 3. The van der Waals surface area contributed by atoms with Gasteiger partial charge in [0.15, 0.2) is 0 Å². The third-order valence-corrected chi connectivity index (χ3v) is 3.73. The van der Waals surface area contributed by atoms with Crippen molar-refractivity contribution in [2.75, 3.05) is 0 Å². The summed E-state index contributed by atoms with van der Waals surface area (Å²) >= 11 is 1.62. The van der Waals surface area contributed by atoms with Crippen LogP contribution in [0.25, 0.3) is 0 Å². The highest BCUT2D eigenvalue weighted by molar-refractivity contribution is 7.09. The lowest BCUT2D eigenvalue weighted by Crippen LogP contribution is -2.35. The lowest BCUT2D eigenvalue weighted by molar-refractivity contribution is 0.268. The van der Waals surface area contributed by atoms with Crippen molar-refractivity contribution in [1.82, 2.24) is 10.3 Å². The predicted molar refractivity (Wildman–Crippen MR) is 56.2 cm³/mol. The molecule has 1 unspecified atom stereocenters. The summed E-state index contributed by atoms with van der Waals surface area (Å²) in [7, 11) is 0. The molecule has 2 nitrogen and oxygen atoms in total. The summed E-state index contributed by atoms with van der Waals surface area (Å²) < 4.78 is 13.3. The molecule has 1 aromatic rings. The summed E-state index contributed by atoms with van der Waals surface area (Å²) in [5, 5.41) is 3.33. The van der Waals surface area contributed by atoms with Crippen molar-refractivity contribution in [2.45, 2.75) is 44.4 Å². The van der Waals surface area contributed by atoms with Gasteiger partial charge in [0.25, 0.3) is 0 Å². The van der Waals surface area contributed by atoms with E-state index in [-0.39, 0.29) is 12.1 Å². The molecule has 1 aliphatic rings. The molecule has 4 heteroatoms. The molecule has 0 saturated heterocycles. The maximum absolute atomic E-state index is 13.3. The quantitative estimate of drug-likeness (QED) is 0.836. The lowest BCUT2D eigenvalue weighted by atomic mass is 10.2. The van der Waals surface area contributed by atoms with Crippen LogP contribution in [0, 0.1) is 0 Å². The molecule has 1 aromatic heterocycles. The molecule has 1 heterocycles. The van der Waals surface area contributed by atoms with Crippen molar-refractivity contribution in [2.24, 2.45) is 0 Å². The van der Waals surface area contributed by atoms with Crippen molar-refractivity contribution in [3.05, 3.63) is 16.6 Å². The molecule has 3 atom stereocenters. The SMILES string of the molecule is CC(N[C@H]1CCC[C@H]1F)c1cncs1. The van der Waals surface area contributed by atoms with E-state index in [1.807, 2.05) is 11.7 Å². The van der Waals surface area contributed by atoms with Gasteiger partial charge in [0.1, 0.15) is 6.17 Å². The van der Waals surface area contributed by atoms with E-state index in [0.29, 0.717) is 6.42 Å². The van der Waals surface area contributed by atoms with Crippen molar-refractivity contribution in [3.8, 4) is 0 Å². The highest BCUT2D eigenvalue weighted by atomic mass is 32.1. The Morgan fingerprint density at radius 1 is 1.64 bits per heavy atom. The molecular formula is C10H15FN2S. The summed E-state index contributed by atoms with van der Waals surface area (Å²) in [4.78, 5) is 5.21. The average molecular weight is 214 g/mol. The second-order valence-corrected chi connectivity index (χ2v) is 4.76. The molecule has 0 aromatic carbocycles. The highest BCUT2D eigenvalue weighted by Gasteiger charge is 2.28. The van der Waals surface area contributed by atoms with Gasteiger partial charge in [0.2, 0.25) is 0 Å². The Balaban J connectivity index is 1.91. The summed E-state index contributed by atoms with van der Waals surface area (Å²) in [6.45, 7) is 2.07. The summed E-state index contributed by atoms with van der Waals surface area (Å²) in [6, 6.07) is 0.274. The van der Waals surface area contributed by atoms with E-state index in [9.17, 15) is 4.39 Å². The van der Waals surface area contributed by atoms with Gasteiger partial charge in [0.05, 0.1) is 5.51 Å². The summed E-state index contributed by atoms with van der Waals surface area (Å²) in [6.07, 6.45) is 3.88. The van der Waals surface area contributed by atoms with Crippen LogP contribution in [-0.4, -0.2) is 17.2 Å². The monoisotopic (exact) mass is 214 g/mol. The van der Waals surface area contributed by atoms with Crippen LogP contribution >= 0.6 is 11.3 Å². The maximum atomic E-state index is 13.3. The van der Waals surface area contributed by atoms with Gasteiger partial charge in [-0.1, -0.05) is 0 Å². The van der Waals surface area contributed by atoms with E-state index in [2.05, 4.69) is 17.2 Å². The zero-order valence-electron chi connectivity index (χ0n) is 8.24. The van der Waals surface area contributed by atoms with E-state index in [1.165, 1.54) is 4.88 Å². The first kappa shape index (κ1) is 10.1. The second kappa shape index (κ2) is 4.36. The lowest BCUT2D eigenvalue weighted by Gasteiger charge is -2.19. The second-order valence-electron chi connectivity index (χ2n) is 3.85. The molecule has 1 aliphatic carbocycles. The van der Waals surface area contributed by atoms with Gasteiger partial charge >= 0.3 is 0 Å². The zero-order valence-corrected chi connectivity index (χ0v) is 9.06. The van der Waals surface area contributed by atoms with Gasteiger partial charge in [-0.15, -0.1) is 11.3 Å². The molecule has 0 aliphatic heterocycles. The smallest absolute Gasteiger partial charge is 0.115 e. The Kier molecular flexibility index (Phi) is 3.13. The molecule has 2 rings (SSSR count). The molecule has 0 amide bonds. The minimum atomic E-state index is -0.662. The van der Waals surface area contributed by atoms with E-state index in [1.54, 1.807) is 11.3 Å². The third kappa shape index (κ3) is 2.12. The van der Waals surface area contributed by atoms with E-state index < -0.39 is 6.17 Å². The molecule has 0 spiro atoms. The topological polar surface area (TPSA) is 24.9 Å². The van der Waals surface area contributed by atoms with E-state index in [4.69, 9.17) is 0 Å². The summed E-state index contributed by atoms with van der Waals surface area (Å²) in [5.41, 5.74) is 1.81. The molecule has 1 N–H and O–H groups in total. The van der Waals surface area contributed by atoms with Gasteiger partial charge in [-0.2, -0.15) is 0 Å². The van der Waals surface area contributed by atoms with Crippen molar-refractivity contribution in [3.63, 3.8) is 0 Å². The fraction of sp³-hybridized carbons (Fsp3) is 0.700. The van der Waals surface area contributed by atoms with Gasteiger partial charge in [0, 0.05) is 23.2 Å². The Bertz CT molecular complexity index is 276. The fourth-order valence-electron chi connectivity index (χ4n) is 1.95. The molecule has 14 heavy (non-hydrogen) atoms. The van der Waals surface area contributed by atoms with E-state index >= 15 is 0 Å². The third-order valence-electron chi connectivity index (χ3n) is 2.77. The first-order valence-corrected chi connectivity index (χ1v) is 5.94. The van der Waals surface area contributed by atoms with Crippen LogP contribution < -0.4 is 5.32 Å². The van der Waals surface area contributed by atoms with Gasteiger partial charge in [-0.25, -0.2) is 4.39 Å². The number of alkyl halides is 1. The summed E-state index contributed by atoms with van der Waals surface area (Å²) in [5.74, 6) is 0. The van der Waals surface area contributed by atoms with Crippen LogP contribution in [0.3, 0.4) is 0 Å². The Hall–Kier alpha value is -0.480. The molecule has 1 fully saturated rings. The largest absolute Gasteiger partial charge is 0.304 e. The normalized spacial score (nSPS) is 29.3. The van der Waals surface area contributed by atoms with Gasteiger partial charge in [-0.3, -0.25) is 4.98 Å². The average Bonchev–Trinajstić information content (AvgIpc) is 2.77. The van der Waals surface area contributed by atoms with Crippen LogP contribution in [0.15, 0.2) is 11.7 Å². The van der Waals surface area contributed by atoms with Crippen LogP contribution in [0.1, 0.15) is 37.1 Å². The molecule has 0 bridgehead atoms. The molecule has 1 saturated carbocycles. The van der Waals surface area contributed by atoms with Crippen LogP contribution in [0.2, 0.25) is 0 Å². The zero-order chi connectivity index (χ0) is 9.97.